The molecule has 21 heavy (non-hydrogen) atoms. The van der Waals surface area contributed by atoms with Gasteiger partial charge in [-0.3, -0.25) is 4.79 Å². The van der Waals surface area contributed by atoms with Gasteiger partial charge in [-0.2, -0.15) is 0 Å². The Hall–Kier alpha value is -2.21. The van der Waals surface area contributed by atoms with Crippen LogP contribution in [-0.4, -0.2) is 24.7 Å². The average molecular weight is 305 g/mol. The van der Waals surface area contributed by atoms with Crippen LogP contribution in [0.1, 0.15) is 16.1 Å². The molecule has 0 aliphatic carbocycles. The Labute approximate surface area is 126 Å². The van der Waals surface area contributed by atoms with Crippen LogP contribution in [0.2, 0.25) is 0 Å². The summed E-state index contributed by atoms with van der Waals surface area (Å²) >= 11 is 1.53. The minimum Gasteiger partial charge on any atom is -0.469 e. The van der Waals surface area contributed by atoms with E-state index >= 15 is 0 Å². The van der Waals surface area contributed by atoms with Crippen molar-refractivity contribution >= 4 is 29.3 Å². The second kappa shape index (κ2) is 6.99. The predicted octanol–water partition coefficient (Wildman–Crippen LogP) is 3.11. The number of esters is 1. The van der Waals surface area contributed by atoms with Gasteiger partial charge in [0.1, 0.15) is 11.3 Å². The molecule has 0 atom stereocenters. The van der Waals surface area contributed by atoms with Crippen LogP contribution < -0.4 is 5.32 Å². The van der Waals surface area contributed by atoms with Crippen LogP contribution in [0.3, 0.4) is 0 Å². The number of rotatable bonds is 5. The topological polar surface area (TPSA) is 68.5 Å². The van der Waals surface area contributed by atoms with Crippen molar-refractivity contribution in [3.8, 4) is 0 Å². The summed E-state index contributed by atoms with van der Waals surface area (Å²) in [4.78, 5) is 24.5. The van der Waals surface area contributed by atoms with Gasteiger partial charge in [0.2, 0.25) is 0 Å². The number of para-hydroxylation sites is 1. The maximum atomic E-state index is 11.8. The van der Waals surface area contributed by atoms with Gasteiger partial charge in [-0.05, 0) is 31.4 Å². The summed E-state index contributed by atoms with van der Waals surface area (Å²) in [6, 6.07) is 8.94. The molecule has 0 spiro atoms. The van der Waals surface area contributed by atoms with E-state index in [1.54, 1.807) is 13.0 Å². The Bertz CT molecular complexity index is 651. The maximum Gasteiger partial charge on any atom is 0.342 e. The first-order valence-corrected chi connectivity index (χ1v) is 7.48. The van der Waals surface area contributed by atoms with Crippen LogP contribution in [0.15, 0.2) is 45.9 Å². The van der Waals surface area contributed by atoms with E-state index in [9.17, 15) is 9.59 Å². The van der Waals surface area contributed by atoms with Gasteiger partial charge < -0.3 is 14.5 Å². The molecular weight excluding hydrogens is 290 g/mol. The lowest BCUT2D eigenvalue weighted by Gasteiger charge is -2.09. The molecule has 1 aromatic heterocycles. The second-order valence-electron chi connectivity index (χ2n) is 4.22. The molecule has 1 aromatic carbocycles. The number of ether oxygens (including phenoxy) is 1. The van der Waals surface area contributed by atoms with Crippen LogP contribution in [0.5, 0.6) is 0 Å². The zero-order valence-corrected chi connectivity index (χ0v) is 12.5. The van der Waals surface area contributed by atoms with Gasteiger partial charge in [0.15, 0.2) is 6.61 Å². The smallest absolute Gasteiger partial charge is 0.342 e. The van der Waals surface area contributed by atoms with Crippen LogP contribution in [0.4, 0.5) is 5.69 Å². The largest absolute Gasteiger partial charge is 0.469 e. The van der Waals surface area contributed by atoms with E-state index in [1.165, 1.54) is 24.1 Å². The van der Waals surface area contributed by atoms with Crippen molar-refractivity contribution in [1.29, 1.82) is 0 Å². The molecule has 5 nitrogen and oxygen atoms in total. The second-order valence-corrected chi connectivity index (χ2v) is 5.06. The highest BCUT2D eigenvalue weighted by Gasteiger charge is 2.15. The minimum atomic E-state index is -0.574. The highest BCUT2D eigenvalue weighted by Crippen LogP contribution is 2.24. The quantitative estimate of drug-likeness (QED) is 0.679. The average Bonchev–Trinajstić information content (AvgIpc) is 2.91. The number of benzene rings is 1. The fourth-order valence-electron chi connectivity index (χ4n) is 1.74. The van der Waals surface area contributed by atoms with Gasteiger partial charge in [-0.1, -0.05) is 12.1 Å². The third-order valence-electron chi connectivity index (χ3n) is 2.79. The summed E-state index contributed by atoms with van der Waals surface area (Å²) in [5.41, 5.74) is 1.03. The Kier molecular flexibility index (Phi) is 5.05. The van der Waals surface area contributed by atoms with Crippen LogP contribution in [0, 0.1) is 6.92 Å². The predicted molar refractivity (Wildman–Crippen MR) is 80.6 cm³/mol. The van der Waals surface area contributed by atoms with Crippen molar-refractivity contribution in [2.45, 2.75) is 11.8 Å². The third-order valence-corrected chi connectivity index (χ3v) is 3.59. The molecule has 6 heteroatoms. The lowest BCUT2D eigenvalue weighted by molar-refractivity contribution is -0.119. The molecule has 0 aliphatic rings. The Morgan fingerprint density at radius 1 is 1.29 bits per heavy atom. The zero-order valence-electron chi connectivity index (χ0n) is 11.7. The Balaban J connectivity index is 1.91. The summed E-state index contributed by atoms with van der Waals surface area (Å²) in [6.07, 6.45) is 3.33. The Morgan fingerprint density at radius 3 is 2.71 bits per heavy atom. The molecule has 110 valence electrons. The van der Waals surface area contributed by atoms with Gasteiger partial charge in [-0.25, -0.2) is 4.79 Å². The van der Waals surface area contributed by atoms with E-state index in [-0.39, 0.29) is 12.5 Å². The van der Waals surface area contributed by atoms with Crippen molar-refractivity contribution in [2.75, 3.05) is 18.2 Å². The number of furan rings is 1. The molecule has 0 saturated carbocycles. The molecule has 0 saturated heterocycles. The number of thioether (sulfide) groups is 1. The lowest BCUT2D eigenvalue weighted by Crippen LogP contribution is -2.21. The van der Waals surface area contributed by atoms with E-state index in [1.807, 2.05) is 24.5 Å². The number of hydrogen-bond donors (Lipinski definition) is 1. The van der Waals surface area contributed by atoms with Crippen LogP contribution >= 0.6 is 11.8 Å². The first kappa shape index (κ1) is 15.2. The highest BCUT2D eigenvalue weighted by atomic mass is 32.2. The first-order valence-electron chi connectivity index (χ1n) is 6.26. The number of hydrogen-bond acceptors (Lipinski definition) is 5. The van der Waals surface area contributed by atoms with E-state index in [0.717, 1.165) is 4.90 Å². The minimum absolute atomic E-state index is 0.326. The monoisotopic (exact) mass is 305 g/mol. The molecule has 2 aromatic rings. The molecular formula is C15H15NO4S. The fraction of sp³-hybridized carbons (Fsp3) is 0.200. The molecule has 1 heterocycles. The summed E-state index contributed by atoms with van der Waals surface area (Å²) in [5, 5.41) is 2.72. The van der Waals surface area contributed by atoms with E-state index in [0.29, 0.717) is 17.0 Å². The standard InChI is InChI=1S/C15H15NO4S/c1-10-11(7-8-19-10)15(18)20-9-14(17)16-12-5-3-4-6-13(12)21-2/h3-8H,9H2,1-2H3,(H,16,17). The zero-order chi connectivity index (χ0) is 15.2. The molecule has 1 amide bonds. The highest BCUT2D eigenvalue weighted by molar-refractivity contribution is 7.98. The number of aryl methyl sites for hydroxylation is 1. The van der Waals surface area contributed by atoms with Crippen LogP contribution in [0.25, 0.3) is 0 Å². The van der Waals surface area contributed by atoms with Crippen LogP contribution in [-0.2, 0) is 9.53 Å². The molecule has 2 rings (SSSR count). The van der Waals surface area contributed by atoms with E-state index < -0.39 is 5.97 Å². The van der Waals surface area contributed by atoms with Gasteiger partial charge in [0, 0.05) is 4.90 Å². The summed E-state index contributed by atoms with van der Waals surface area (Å²) in [6.45, 7) is 1.32. The van der Waals surface area contributed by atoms with Gasteiger partial charge >= 0.3 is 5.97 Å². The van der Waals surface area contributed by atoms with Gasteiger partial charge in [0.05, 0.1) is 12.0 Å². The van der Waals surface area contributed by atoms with Crippen molar-refractivity contribution in [1.82, 2.24) is 0 Å². The summed E-state index contributed by atoms with van der Waals surface area (Å²) < 4.78 is 9.97. The molecule has 1 N–H and O–H groups in total. The van der Waals surface area contributed by atoms with Crippen molar-refractivity contribution in [2.24, 2.45) is 0 Å². The number of carbonyl (C=O) groups is 2. The lowest BCUT2D eigenvalue weighted by atomic mass is 10.3. The summed E-state index contributed by atoms with van der Waals surface area (Å²) in [7, 11) is 0. The van der Waals surface area contributed by atoms with Crippen molar-refractivity contribution in [3.63, 3.8) is 0 Å². The Morgan fingerprint density at radius 2 is 2.05 bits per heavy atom. The van der Waals surface area contributed by atoms with Crippen molar-refractivity contribution < 1.29 is 18.7 Å². The third kappa shape index (κ3) is 3.88. The number of nitrogens with one attached hydrogen (secondary N) is 1. The number of amides is 1. The summed E-state index contributed by atoms with van der Waals surface area (Å²) in [5.74, 6) is -0.492. The number of anilines is 1. The van der Waals surface area contributed by atoms with E-state index in [2.05, 4.69) is 5.32 Å². The molecule has 0 aliphatic heterocycles. The number of carbonyl (C=O) groups excluding carboxylic acids is 2. The van der Waals surface area contributed by atoms with Gasteiger partial charge in [-0.15, -0.1) is 11.8 Å². The molecule has 0 fully saturated rings. The van der Waals surface area contributed by atoms with Gasteiger partial charge in [0.25, 0.3) is 5.91 Å². The SMILES string of the molecule is CSc1ccccc1NC(=O)COC(=O)c1ccoc1C. The first-order chi connectivity index (χ1) is 10.1. The van der Waals surface area contributed by atoms with Crippen molar-refractivity contribution in [3.05, 3.63) is 47.9 Å². The normalized spacial score (nSPS) is 10.2. The molecule has 0 radical (unpaired) electrons. The molecule has 0 bridgehead atoms. The molecule has 0 unspecified atom stereocenters. The van der Waals surface area contributed by atoms with E-state index in [4.69, 9.17) is 9.15 Å². The fourth-order valence-corrected chi connectivity index (χ4v) is 2.29. The maximum absolute atomic E-state index is 11.8.